The molecule has 2 N–H and O–H groups in total. The van der Waals surface area contributed by atoms with Crippen molar-refractivity contribution in [1.82, 2.24) is 9.38 Å². The minimum absolute atomic E-state index is 0.0369. The lowest BCUT2D eigenvalue weighted by Crippen LogP contribution is -2.20. The molecule has 2 heterocycles. The van der Waals surface area contributed by atoms with Gasteiger partial charge in [0.2, 0.25) is 0 Å². The summed E-state index contributed by atoms with van der Waals surface area (Å²) in [6.45, 7) is 5.52. The highest BCUT2D eigenvalue weighted by atomic mass is 35.5. The van der Waals surface area contributed by atoms with Gasteiger partial charge < -0.3 is 10.1 Å². The number of imidazole rings is 1. The van der Waals surface area contributed by atoms with E-state index in [1.165, 1.54) is 4.40 Å². The lowest BCUT2D eigenvalue weighted by molar-refractivity contribution is -0.137. The van der Waals surface area contributed by atoms with E-state index in [2.05, 4.69) is 4.98 Å². The van der Waals surface area contributed by atoms with E-state index < -0.39 is 17.8 Å². The van der Waals surface area contributed by atoms with Crippen molar-refractivity contribution in [3.05, 3.63) is 34.2 Å². The maximum atomic E-state index is 12.9. The Morgan fingerprint density at radius 3 is 2.45 bits per heavy atom. The molecule has 0 saturated heterocycles. The molecule has 0 aliphatic carbocycles. The monoisotopic (exact) mass is 305 g/mol. The summed E-state index contributed by atoms with van der Waals surface area (Å²) in [6, 6.07) is 0.470. The van der Waals surface area contributed by atoms with Gasteiger partial charge in [0.05, 0.1) is 22.0 Å². The molecule has 0 spiro atoms. The number of alkyl halides is 3. The number of pyridine rings is 1. The SMILES string of the molecule is Cc1nc2c(Cl)cc(C(F)(F)F)cn2c1C(N)C(C)C. The third-order valence-electron chi connectivity index (χ3n) is 3.26. The molecular weight excluding hydrogens is 291 g/mol. The Morgan fingerprint density at radius 1 is 1.35 bits per heavy atom. The fraction of sp³-hybridized carbons (Fsp3) is 0.462. The number of aryl methyl sites for hydroxylation is 1. The first-order valence-corrected chi connectivity index (χ1v) is 6.51. The van der Waals surface area contributed by atoms with Crippen molar-refractivity contribution in [2.75, 3.05) is 0 Å². The average molecular weight is 306 g/mol. The highest BCUT2D eigenvalue weighted by molar-refractivity contribution is 6.33. The first kappa shape index (κ1) is 15.1. The van der Waals surface area contributed by atoms with Crippen LogP contribution >= 0.6 is 11.6 Å². The molecule has 0 radical (unpaired) electrons. The number of nitrogens with two attached hydrogens (primary N) is 1. The minimum Gasteiger partial charge on any atom is -0.322 e. The quantitative estimate of drug-likeness (QED) is 0.912. The zero-order valence-electron chi connectivity index (χ0n) is 11.3. The van der Waals surface area contributed by atoms with Crippen molar-refractivity contribution >= 4 is 17.2 Å². The molecule has 0 fully saturated rings. The van der Waals surface area contributed by atoms with E-state index >= 15 is 0 Å². The Morgan fingerprint density at radius 2 is 1.95 bits per heavy atom. The smallest absolute Gasteiger partial charge is 0.322 e. The van der Waals surface area contributed by atoms with E-state index in [-0.39, 0.29) is 10.9 Å². The topological polar surface area (TPSA) is 43.3 Å². The molecule has 110 valence electrons. The highest BCUT2D eigenvalue weighted by Gasteiger charge is 2.32. The number of rotatable bonds is 2. The minimum atomic E-state index is -4.46. The second-order valence-electron chi connectivity index (χ2n) is 5.12. The Labute approximate surface area is 119 Å². The predicted molar refractivity (Wildman–Crippen MR) is 71.7 cm³/mol. The molecule has 2 rings (SSSR count). The van der Waals surface area contributed by atoms with Crippen molar-refractivity contribution in [2.24, 2.45) is 11.7 Å². The summed E-state index contributed by atoms with van der Waals surface area (Å²) in [7, 11) is 0. The fourth-order valence-electron chi connectivity index (χ4n) is 2.11. The maximum Gasteiger partial charge on any atom is 0.417 e. The Balaban J connectivity index is 2.76. The second-order valence-corrected chi connectivity index (χ2v) is 5.53. The molecule has 20 heavy (non-hydrogen) atoms. The number of halogens is 4. The number of hydrogen-bond acceptors (Lipinski definition) is 2. The molecule has 2 aromatic heterocycles. The van der Waals surface area contributed by atoms with Gasteiger partial charge >= 0.3 is 6.18 Å². The van der Waals surface area contributed by atoms with Crippen LogP contribution in [0.3, 0.4) is 0 Å². The summed E-state index contributed by atoms with van der Waals surface area (Å²) in [4.78, 5) is 4.22. The van der Waals surface area contributed by atoms with E-state index in [0.29, 0.717) is 17.0 Å². The summed E-state index contributed by atoms with van der Waals surface area (Å²) in [5.41, 5.74) is 6.70. The Kier molecular flexibility index (Phi) is 3.73. The van der Waals surface area contributed by atoms with Crippen molar-refractivity contribution in [2.45, 2.75) is 33.0 Å². The summed E-state index contributed by atoms with van der Waals surface area (Å²) in [5.74, 6) is 0.0712. The van der Waals surface area contributed by atoms with E-state index in [0.717, 1.165) is 12.3 Å². The Bertz CT molecular complexity index is 646. The molecule has 0 aromatic carbocycles. The van der Waals surface area contributed by atoms with Crippen molar-refractivity contribution in [3.8, 4) is 0 Å². The molecule has 2 aromatic rings. The van der Waals surface area contributed by atoms with Gasteiger partial charge in [0.25, 0.3) is 0 Å². The van der Waals surface area contributed by atoms with Gasteiger partial charge in [-0.15, -0.1) is 0 Å². The number of hydrogen-bond donors (Lipinski definition) is 1. The van der Waals surface area contributed by atoms with Crippen LogP contribution in [0.2, 0.25) is 5.02 Å². The van der Waals surface area contributed by atoms with Crippen LogP contribution in [0, 0.1) is 12.8 Å². The van der Waals surface area contributed by atoms with Crippen molar-refractivity contribution < 1.29 is 13.2 Å². The Hall–Kier alpha value is -1.27. The van der Waals surface area contributed by atoms with E-state index in [1.807, 2.05) is 13.8 Å². The first-order valence-electron chi connectivity index (χ1n) is 6.13. The van der Waals surface area contributed by atoms with Crippen LogP contribution < -0.4 is 5.73 Å². The van der Waals surface area contributed by atoms with Gasteiger partial charge in [0, 0.05) is 12.2 Å². The van der Waals surface area contributed by atoms with Gasteiger partial charge in [-0.05, 0) is 18.9 Å². The summed E-state index contributed by atoms with van der Waals surface area (Å²) >= 11 is 5.91. The van der Waals surface area contributed by atoms with Crippen LogP contribution in [0.25, 0.3) is 5.65 Å². The lowest BCUT2D eigenvalue weighted by atomic mass is 10.0. The van der Waals surface area contributed by atoms with Crippen LogP contribution in [-0.4, -0.2) is 9.38 Å². The molecular formula is C13H15ClF3N3. The summed E-state index contributed by atoms with van der Waals surface area (Å²) in [6.07, 6.45) is -3.46. The summed E-state index contributed by atoms with van der Waals surface area (Å²) in [5, 5.41) is -0.0369. The predicted octanol–water partition coefficient (Wildman–Crippen LogP) is 3.97. The van der Waals surface area contributed by atoms with Crippen LogP contribution in [0.5, 0.6) is 0 Å². The average Bonchev–Trinajstić information content (AvgIpc) is 2.64. The van der Waals surface area contributed by atoms with Gasteiger partial charge in [-0.2, -0.15) is 13.2 Å². The van der Waals surface area contributed by atoms with Crippen LogP contribution in [-0.2, 0) is 6.18 Å². The lowest BCUT2D eigenvalue weighted by Gasteiger charge is -2.17. The zero-order chi connectivity index (χ0) is 15.2. The molecule has 1 atom stereocenters. The third-order valence-corrected chi connectivity index (χ3v) is 3.54. The molecule has 7 heteroatoms. The van der Waals surface area contributed by atoms with Gasteiger partial charge in [0.15, 0.2) is 5.65 Å². The highest BCUT2D eigenvalue weighted by Crippen LogP contribution is 2.34. The standard InChI is InChI=1S/C13H15ClF3N3/c1-6(2)10(18)11-7(3)19-12-9(14)4-8(5-20(11)12)13(15,16)17/h4-6,10H,18H2,1-3H3. The summed E-state index contributed by atoms with van der Waals surface area (Å²) < 4.78 is 40.0. The number of nitrogens with zero attached hydrogens (tertiary/aromatic N) is 2. The van der Waals surface area contributed by atoms with Crippen LogP contribution in [0.4, 0.5) is 13.2 Å². The van der Waals surface area contributed by atoms with Crippen LogP contribution in [0.1, 0.15) is 36.8 Å². The van der Waals surface area contributed by atoms with Gasteiger partial charge in [-0.25, -0.2) is 4.98 Å². The van der Waals surface area contributed by atoms with E-state index in [9.17, 15) is 13.2 Å². The van der Waals surface area contributed by atoms with Gasteiger partial charge in [0.1, 0.15) is 0 Å². The first-order chi connectivity index (χ1) is 9.12. The van der Waals surface area contributed by atoms with E-state index in [1.54, 1.807) is 6.92 Å². The number of aromatic nitrogens is 2. The molecule has 0 amide bonds. The third kappa shape index (κ3) is 2.50. The van der Waals surface area contributed by atoms with Gasteiger partial charge in [-0.1, -0.05) is 25.4 Å². The second kappa shape index (κ2) is 4.93. The fourth-order valence-corrected chi connectivity index (χ4v) is 2.36. The molecule has 0 aliphatic heterocycles. The molecule has 0 bridgehead atoms. The molecule has 3 nitrogen and oxygen atoms in total. The van der Waals surface area contributed by atoms with Crippen LogP contribution in [0.15, 0.2) is 12.3 Å². The molecule has 1 unspecified atom stereocenters. The molecule has 0 saturated carbocycles. The zero-order valence-corrected chi connectivity index (χ0v) is 12.0. The normalized spacial score (nSPS) is 14.2. The van der Waals surface area contributed by atoms with E-state index in [4.69, 9.17) is 17.3 Å². The van der Waals surface area contributed by atoms with Crippen molar-refractivity contribution in [1.29, 1.82) is 0 Å². The van der Waals surface area contributed by atoms with Crippen molar-refractivity contribution in [3.63, 3.8) is 0 Å². The largest absolute Gasteiger partial charge is 0.417 e. The maximum absolute atomic E-state index is 12.9. The van der Waals surface area contributed by atoms with Gasteiger partial charge in [-0.3, -0.25) is 0 Å². The molecule has 0 aliphatic rings. The number of fused-ring (bicyclic) bond motifs is 1.